The Balaban J connectivity index is 3.28. The van der Waals surface area contributed by atoms with Crippen molar-refractivity contribution in [2.24, 2.45) is 10.8 Å². The maximum atomic E-state index is 12.9. The Kier molecular flexibility index (Phi) is 8.72. The van der Waals surface area contributed by atoms with E-state index in [9.17, 15) is 19.5 Å². The molecule has 0 radical (unpaired) electrons. The van der Waals surface area contributed by atoms with Crippen LogP contribution in [0.15, 0.2) is 30.3 Å². The molecule has 0 heterocycles. The van der Waals surface area contributed by atoms with E-state index in [2.05, 4.69) is 16.0 Å². The maximum absolute atomic E-state index is 12.9. The highest BCUT2D eigenvalue weighted by molar-refractivity contribution is 5.70. The molecular formula is C22H35N3O6. The molecule has 1 rings (SSSR count). The van der Waals surface area contributed by atoms with Gasteiger partial charge in [0, 0.05) is 6.54 Å². The van der Waals surface area contributed by atoms with Crippen LogP contribution in [0.1, 0.15) is 53.5 Å². The van der Waals surface area contributed by atoms with Crippen molar-refractivity contribution < 1.29 is 29.3 Å². The molecule has 0 spiro atoms. The minimum atomic E-state index is -1.27. The lowest BCUT2D eigenvalue weighted by Gasteiger charge is -2.57. The highest BCUT2D eigenvalue weighted by Crippen LogP contribution is 2.47. The number of carbonyl (C=O) groups excluding carboxylic acids is 1. The van der Waals surface area contributed by atoms with Crippen LogP contribution in [0.25, 0.3) is 0 Å². The fraction of sp³-hybridized carbons (Fsp3) is 0.591. The molecule has 0 aliphatic rings. The Morgan fingerprint density at radius 2 is 1.48 bits per heavy atom. The maximum Gasteiger partial charge on any atom is 0.408 e. The molecule has 5 N–H and O–H groups in total. The van der Waals surface area contributed by atoms with Crippen LogP contribution in [-0.2, 0) is 11.3 Å². The van der Waals surface area contributed by atoms with Crippen molar-refractivity contribution in [3.63, 3.8) is 0 Å². The van der Waals surface area contributed by atoms with Gasteiger partial charge in [-0.15, -0.1) is 0 Å². The molecule has 0 saturated carbocycles. The SMILES string of the molecule is CC(C)(C)C(NC(=O)OCc1ccccc1)([C@H](CCNC(=O)O)NC(=O)O)C(C)(C)C. The van der Waals surface area contributed by atoms with E-state index < -0.39 is 40.7 Å². The third-order valence-corrected chi connectivity index (χ3v) is 5.41. The summed E-state index contributed by atoms with van der Waals surface area (Å²) in [7, 11) is 0. The highest BCUT2D eigenvalue weighted by atomic mass is 16.5. The van der Waals surface area contributed by atoms with E-state index in [1.807, 2.05) is 71.9 Å². The first-order valence-corrected chi connectivity index (χ1v) is 10.2. The number of alkyl carbamates (subject to hydrolysis) is 1. The smallest absolute Gasteiger partial charge is 0.408 e. The minimum absolute atomic E-state index is 0.00886. The first-order chi connectivity index (χ1) is 14.2. The fourth-order valence-electron chi connectivity index (χ4n) is 4.42. The predicted octanol–water partition coefficient (Wildman–Crippen LogP) is 4.04. The van der Waals surface area contributed by atoms with Gasteiger partial charge >= 0.3 is 18.3 Å². The number of benzene rings is 1. The van der Waals surface area contributed by atoms with Crippen LogP contribution < -0.4 is 16.0 Å². The van der Waals surface area contributed by atoms with Crippen LogP contribution in [0.2, 0.25) is 0 Å². The van der Waals surface area contributed by atoms with Gasteiger partial charge in [-0.3, -0.25) is 0 Å². The Morgan fingerprint density at radius 3 is 1.94 bits per heavy atom. The number of hydrogen-bond acceptors (Lipinski definition) is 4. The van der Waals surface area contributed by atoms with Crippen molar-refractivity contribution in [2.45, 2.75) is 66.2 Å². The molecule has 1 aromatic rings. The number of ether oxygens (including phenoxy) is 1. The molecule has 9 heteroatoms. The number of carboxylic acid groups (broad SMARTS) is 2. The normalized spacial score (nSPS) is 13.1. The standard InChI is InChI=1S/C22H35N3O6/c1-20(2,3)22(21(4,5)6,16(24-18(28)29)12-13-23-17(26)27)25-19(30)31-14-15-10-8-7-9-11-15/h7-11,16,23-24H,12-14H2,1-6H3,(H,25,30)(H,26,27)(H,28,29)/t16-/m0/s1. The molecule has 0 bridgehead atoms. The van der Waals surface area contributed by atoms with Crippen molar-refractivity contribution in [3.8, 4) is 0 Å². The molecule has 0 saturated heterocycles. The second kappa shape index (κ2) is 10.4. The van der Waals surface area contributed by atoms with E-state index in [4.69, 9.17) is 9.84 Å². The summed E-state index contributed by atoms with van der Waals surface area (Å²) in [5.41, 5.74) is -1.56. The Labute approximate surface area is 183 Å². The topological polar surface area (TPSA) is 137 Å². The van der Waals surface area contributed by atoms with Crippen LogP contribution in [-0.4, -0.2) is 46.6 Å². The predicted molar refractivity (Wildman–Crippen MR) is 117 cm³/mol. The summed E-state index contributed by atoms with van der Waals surface area (Å²) < 4.78 is 5.44. The molecule has 1 aromatic carbocycles. The highest BCUT2D eigenvalue weighted by Gasteiger charge is 2.57. The monoisotopic (exact) mass is 437 g/mol. The number of carbonyl (C=O) groups is 3. The fourth-order valence-corrected chi connectivity index (χ4v) is 4.42. The second-order valence-electron chi connectivity index (χ2n) is 9.52. The lowest BCUT2D eigenvalue weighted by atomic mass is 9.56. The lowest BCUT2D eigenvalue weighted by Crippen LogP contribution is -2.74. The van der Waals surface area contributed by atoms with E-state index in [1.54, 1.807) is 0 Å². The molecule has 0 aliphatic carbocycles. The summed E-state index contributed by atoms with van der Waals surface area (Å²) in [4.78, 5) is 35.4. The Bertz CT molecular complexity index is 739. The summed E-state index contributed by atoms with van der Waals surface area (Å²) in [5, 5.41) is 26.1. The summed E-state index contributed by atoms with van der Waals surface area (Å²) in [6.07, 6.45) is -3.03. The largest absolute Gasteiger partial charge is 0.465 e. The summed E-state index contributed by atoms with van der Waals surface area (Å²) in [6, 6.07) is 8.41. The van der Waals surface area contributed by atoms with Gasteiger partial charge in [0.1, 0.15) is 6.61 Å². The van der Waals surface area contributed by atoms with Gasteiger partial charge in [-0.25, -0.2) is 14.4 Å². The third kappa shape index (κ3) is 7.04. The number of rotatable bonds is 8. The zero-order valence-electron chi connectivity index (χ0n) is 19.1. The van der Waals surface area contributed by atoms with E-state index in [1.165, 1.54) is 0 Å². The molecule has 0 aliphatic heterocycles. The van der Waals surface area contributed by atoms with Gasteiger partial charge in [0.15, 0.2) is 0 Å². The lowest BCUT2D eigenvalue weighted by molar-refractivity contribution is -0.0150. The van der Waals surface area contributed by atoms with Crippen LogP contribution in [0, 0.1) is 10.8 Å². The molecule has 31 heavy (non-hydrogen) atoms. The molecule has 0 unspecified atom stereocenters. The van der Waals surface area contributed by atoms with E-state index in [0.29, 0.717) is 0 Å². The third-order valence-electron chi connectivity index (χ3n) is 5.41. The average molecular weight is 438 g/mol. The second-order valence-corrected chi connectivity index (χ2v) is 9.52. The quantitative estimate of drug-likeness (QED) is 0.416. The zero-order valence-corrected chi connectivity index (χ0v) is 19.1. The first kappa shape index (κ1) is 26.1. The van der Waals surface area contributed by atoms with Crippen molar-refractivity contribution in [3.05, 3.63) is 35.9 Å². The van der Waals surface area contributed by atoms with Crippen molar-refractivity contribution in [1.82, 2.24) is 16.0 Å². The van der Waals surface area contributed by atoms with Gasteiger partial charge in [-0.05, 0) is 22.8 Å². The van der Waals surface area contributed by atoms with E-state index in [-0.39, 0.29) is 19.6 Å². The van der Waals surface area contributed by atoms with E-state index >= 15 is 0 Å². The average Bonchev–Trinajstić information content (AvgIpc) is 2.62. The van der Waals surface area contributed by atoms with E-state index in [0.717, 1.165) is 5.56 Å². The molecule has 0 aromatic heterocycles. The van der Waals surface area contributed by atoms with Gasteiger partial charge in [0.25, 0.3) is 0 Å². The van der Waals surface area contributed by atoms with Gasteiger partial charge in [-0.1, -0.05) is 71.9 Å². The zero-order chi connectivity index (χ0) is 23.9. The van der Waals surface area contributed by atoms with Crippen LogP contribution in [0.5, 0.6) is 0 Å². The molecular weight excluding hydrogens is 402 g/mol. The van der Waals surface area contributed by atoms with Gasteiger partial charge in [0.05, 0.1) is 11.6 Å². The van der Waals surface area contributed by atoms with Crippen molar-refractivity contribution in [2.75, 3.05) is 6.54 Å². The Hall–Kier alpha value is -2.97. The number of nitrogens with one attached hydrogen (secondary N) is 3. The Morgan fingerprint density at radius 1 is 0.935 bits per heavy atom. The number of amides is 3. The number of hydrogen-bond donors (Lipinski definition) is 5. The molecule has 1 atom stereocenters. The molecule has 9 nitrogen and oxygen atoms in total. The van der Waals surface area contributed by atoms with Crippen LogP contribution >= 0.6 is 0 Å². The van der Waals surface area contributed by atoms with Gasteiger partial charge in [0.2, 0.25) is 0 Å². The van der Waals surface area contributed by atoms with Gasteiger partial charge < -0.3 is 30.9 Å². The minimum Gasteiger partial charge on any atom is -0.465 e. The van der Waals surface area contributed by atoms with Crippen molar-refractivity contribution >= 4 is 18.3 Å². The molecule has 3 amide bonds. The summed E-state index contributed by atoms with van der Waals surface area (Å²) >= 11 is 0. The summed E-state index contributed by atoms with van der Waals surface area (Å²) in [6.45, 7) is 11.5. The molecule has 0 fully saturated rings. The van der Waals surface area contributed by atoms with Crippen molar-refractivity contribution in [1.29, 1.82) is 0 Å². The van der Waals surface area contributed by atoms with Gasteiger partial charge in [-0.2, -0.15) is 0 Å². The summed E-state index contributed by atoms with van der Waals surface area (Å²) in [5.74, 6) is 0. The van der Waals surface area contributed by atoms with Crippen LogP contribution in [0.4, 0.5) is 14.4 Å². The van der Waals surface area contributed by atoms with Crippen LogP contribution in [0.3, 0.4) is 0 Å². The first-order valence-electron chi connectivity index (χ1n) is 10.2. The molecule has 174 valence electrons.